The summed E-state index contributed by atoms with van der Waals surface area (Å²) in [4.78, 5) is 0.843. The normalized spacial score (nSPS) is 10.5. The highest BCUT2D eigenvalue weighted by Crippen LogP contribution is 2.24. The first-order valence-corrected chi connectivity index (χ1v) is 5.96. The maximum absolute atomic E-state index is 13.3. The second kappa shape index (κ2) is 5.27. The molecular formula is C13H9F3S. The summed E-state index contributed by atoms with van der Waals surface area (Å²) in [6, 6.07) is 9.46. The summed E-state index contributed by atoms with van der Waals surface area (Å²) >= 11 is 1.37. The van der Waals surface area contributed by atoms with Gasteiger partial charge in [0.15, 0.2) is 0 Å². The second-order valence-corrected chi connectivity index (χ2v) is 4.53. The Labute approximate surface area is 101 Å². The molecule has 0 nitrogen and oxygen atoms in total. The molecule has 88 valence electrons. The molecule has 2 aromatic carbocycles. The predicted octanol–water partition coefficient (Wildman–Crippen LogP) is 4.40. The van der Waals surface area contributed by atoms with Crippen molar-refractivity contribution in [2.24, 2.45) is 0 Å². The lowest BCUT2D eigenvalue weighted by Gasteiger charge is -2.03. The molecule has 0 saturated carbocycles. The molecule has 2 aromatic rings. The van der Waals surface area contributed by atoms with Gasteiger partial charge in [0.25, 0.3) is 0 Å². The molecule has 0 aliphatic rings. The third-order valence-corrected chi connectivity index (χ3v) is 3.28. The van der Waals surface area contributed by atoms with Crippen LogP contribution in [0.15, 0.2) is 47.4 Å². The first kappa shape index (κ1) is 12.0. The van der Waals surface area contributed by atoms with E-state index < -0.39 is 11.6 Å². The largest absolute Gasteiger partial charge is 0.207 e. The van der Waals surface area contributed by atoms with Gasteiger partial charge >= 0.3 is 0 Å². The predicted molar refractivity (Wildman–Crippen MR) is 62.3 cm³/mol. The fraction of sp³-hybridized carbons (Fsp3) is 0.0769. The number of hydrogen-bond acceptors (Lipinski definition) is 1. The van der Waals surface area contributed by atoms with Crippen molar-refractivity contribution in [2.45, 2.75) is 10.6 Å². The van der Waals surface area contributed by atoms with Gasteiger partial charge in [0.05, 0.1) is 0 Å². The van der Waals surface area contributed by atoms with E-state index in [0.29, 0.717) is 11.3 Å². The van der Waals surface area contributed by atoms with E-state index in [-0.39, 0.29) is 5.82 Å². The van der Waals surface area contributed by atoms with Crippen LogP contribution < -0.4 is 0 Å². The zero-order valence-electron chi connectivity index (χ0n) is 8.79. The lowest BCUT2D eigenvalue weighted by Crippen LogP contribution is -1.89. The van der Waals surface area contributed by atoms with Crippen LogP contribution in [0.5, 0.6) is 0 Å². The summed E-state index contributed by atoms with van der Waals surface area (Å²) in [6.45, 7) is 0. The van der Waals surface area contributed by atoms with Crippen LogP contribution in [0.2, 0.25) is 0 Å². The van der Waals surface area contributed by atoms with Crippen molar-refractivity contribution in [3.8, 4) is 0 Å². The Hall–Kier alpha value is -1.42. The number of thioether (sulfide) groups is 1. The smallest absolute Gasteiger partial charge is 0.130 e. The average molecular weight is 254 g/mol. The van der Waals surface area contributed by atoms with E-state index in [1.165, 1.54) is 36.0 Å². The summed E-state index contributed by atoms with van der Waals surface area (Å²) in [6.07, 6.45) is 0. The van der Waals surface area contributed by atoms with Gasteiger partial charge in [-0.05, 0) is 35.9 Å². The van der Waals surface area contributed by atoms with E-state index in [0.717, 1.165) is 11.0 Å². The summed E-state index contributed by atoms with van der Waals surface area (Å²) in [7, 11) is 0. The SMILES string of the molecule is Fc1ccc(SCc2ccc(F)cc2F)cc1. The van der Waals surface area contributed by atoms with E-state index in [1.807, 2.05) is 0 Å². The minimum absolute atomic E-state index is 0.303. The summed E-state index contributed by atoms with van der Waals surface area (Å²) < 4.78 is 38.6. The number of halogens is 3. The zero-order valence-corrected chi connectivity index (χ0v) is 9.61. The number of rotatable bonds is 3. The quantitative estimate of drug-likeness (QED) is 0.732. The van der Waals surface area contributed by atoms with Crippen LogP contribution in [0.25, 0.3) is 0 Å². The molecule has 0 fully saturated rings. The molecule has 17 heavy (non-hydrogen) atoms. The molecule has 0 spiro atoms. The lowest BCUT2D eigenvalue weighted by atomic mass is 10.2. The van der Waals surface area contributed by atoms with Crippen LogP contribution in [0.1, 0.15) is 5.56 Å². The van der Waals surface area contributed by atoms with Gasteiger partial charge in [-0.15, -0.1) is 11.8 Å². The van der Waals surface area contributed by atoms with Gasteiger partial charge in [0.1, 0.15) is 17.5 Å². The van der Waals surface area contributed by atoms with Gasteiger partial charge in [0.2, 0.25) is 0 Å². The highest BCUT2D eigenvalue weighted by atomic mass is 32.2. The Morgan fingerprint density at radius 2 is 1.47 bits per heavy atom. The fourth-order valence-electron chi connectivity index (χ4n) is 1.33. The molecule has 0 aromatic heterocycles. The number of hydrogen-bond donors (Lipinski definition) is 0. The van der Waals surface area contributed by atoms with Gasteiger partial charge in [-0.3, -0.25) is 0 Å². The monoisotopic (exact) mass is 254 g/mol. The van der Waals surface area contributed by atoms with E-state index >= 15 is 0 Å². The Kier molecular flexibility index (Phi) is 3.74. The van der Waals surface area contributed by atoms with Crippen molar-refractivity contribution in [3.63, 3.8) is 0 Å². The summed E-state index contributed by atoms with van der Waals surface area (Å²) in [5.74, 6) is -1.06. The molecule has 0 heterocycles. The average Bonchev–Trinajstić information content (AvgIpc) is 2.30. The third kappa shape index (κ3) is 3.27. The minimum Gasteiger partial charge on any atom is -0.207 e. The zero-order chi connectivity index (χ0) is 12.3. The van der Waals surface area contributed by atoms with Crippen molar-refractivity contribution in [3.05, 3.63) is 65.5 Å². The van der Waals surface area contributed by atoms with Crippen molar-refractivity contribution in [1.82, 2.24) is 0 Å². The van der Waals surface area contributed by atoms with Crippen LogP contribution in [0.3, 0.4) is 0 Å². The molecule has 0 atom stereocenters. The Morgan fingerprint density at radius 3 is 2.12 bits per heavy atom. The maximum atomic E-state index is 13.3. The van der Waals surface area contributed by atoms with Crippen LogP contribution >= 0.6 is 11.8 Å². The molecule has 0 aliphatic heterocycles. The molecule has 0 saturated heterocycles. The van der Waals surface area contributed by atoms with Crippen molar-refractivity contribution >= 4 is 11.8 Å². The molecule has 2 rings (SSSR count). The first-order chi connectivity index (χ1) is 8.15. The molecule has 0 unspecified atom stereocenters. The maximum Gasteiger partial charge on any atom is 0.130 e. The van der Waals surface area contributed by atoms with Crippen LogP contribution in [0, 0.1) is 17.5 Å². The fourth-order valence-corrected chi connectivity index (χ4v) is 2.22. The standard InChI is InChI=1S/C13H9F3S/c14-10-3-5-12(6-4-10)17-8-9-1-2-11(15)7-13(9)16/h1-7H,8H2. The van der Waals surface area contributed by atoms with Crippen LogP contribution in [-0.4, -0.2) is 0 Å². The van der Waals surface area contributed by atoms with Crippen molar-refractivity contribution < 1.29 is 13.2 Å². The Balaban J connectivity index is 2.04. The Bertz CT molecular complexity index is 509. The highest BCUT2D eigenvalue weighted by Gasteiger charge is 2.04. The van der Waals surface area contributed by atoms with E-state index in [4.69, 9.17) is 0 Å². The molecule has 0 aliphatic carbocycles. The van der Waals surface area contributed by atoms with Crippen LogP contribution in [-0.2, 0) is 5.75 Å². The molecule has 4 heteroatoms. The van der Waals surface area contributed by atoms with Crippen molar-refractivity contribution in [1.29, 1.82) is 0 Å². The highest BCUT2D eigenvalue weighted by molar-refractivity contribution is 7.98. The molecular weight excluding hydrogens is 245 g/mol. The van der Waals surface area contributed by atoms with Gasteiger partial charge in [0, 0.05) is 16.7 Å². The van der Waals surface area contributed by atoms with Gasteiger partial charge in [-0.25, -0.2) is 13.2 Å². The topological polar surface area (TPSA) is 0 Å². The number of benzene rings is 2. The first-order valence-electron chi connectivity index (χ1n) is 4.97. The third-order valence-electron chi connectivity index (χ3n) is 2.22. The summed E-state index contributed by atoms with van der Waals surface area (Å²) in [5.41, 5.74) is 0.431. The molecule has 0 radical (unpaired) electrons. The molecule has 0 N–H and O–H groups in total. The van der Waals surface area contributed by atoms with E-state index in [1.54, 1.807) is 12.1 Å². The molecule has 0 bridgehead atoms. The van der Waals surface area contributed by atoms with E-state index in [2.05, 4.69) is 0 Å². The van der Waals surface area contributed by atoms with Crippen LogP contribution in [0.4, 0.5) is 13.2 Å². The van der Waals surface area contributed by atoms with E-state index in [9.17, 15) is 13.2 Å². The second-order valence-electron chi connectivity index (χ2n) is 3.48. The minimum atomic E-state index is -0.585. The Morgan fingerprint density at radius 1 is 0.824 bits per heavy atom. The van der Waals surface area contributed by atoms with Crippen molar-refractivity contribution in [2.75, 3.05) is 0 Å². The van der Waals surface area contributed by atoms with Gasteiger partial charge in [-0.1, -0.05) is 6.07 Å². The van der Waals surface area contributed by atoms with Gasteiger partial charge in [-0.2, -0.15) is 0 Å². The molecule has 0 amide bonds. The summed E-state index contributed by atoms with van der Waals surface area (Å²) in [5, 5.41) is 0. The van der Waals surface area contributed by atoms with Gasteiger partial charge < -0.3 is 0 Å². The lowest BCUT2D eigenvalue weighted by molar-refractivity contribution is 0.576.